The molecular formula is C15H32N2O2. The Hall–Kier alpha value is -0.160. The van der Waals surface area contributed by atoms with E-state index in [2.05, 4.69) is 24.3 Å². The van der Waals surface area contributed by atoms with E-state index in [4.69, 9.17) is 4.74 Å². The molecule has 0 amide bonds. The first-order valence-corrected chi connectivity index (χ1v) is 7.83. The predicted octanol–water partition coefficient (Wildman–Crippen LogP) is 1.63. The molecule has 114 valence electrons. The fourth-order valence-electron chi connectivity index (χ4n) is 2.48. The van der Waals surface area contributed by atoms with Crippen LogP contribution in [0.2, 0.25) is 0 Å². The van der Waals surface area contributed by atoms with E-state index in [1.165, 1.54) is 38.5 Å². The number of hydrogen-bond acceptors (Lipinski definition) is 4. The first-order chi connectivity index (χ1) is 9.18. The summed E-state index contributed by atoms with van der Waals surface area (Å²) >= 11 is 0. The highest BCUT2D eigenvalue weighted by molar-refractivity contribution is 4.67. The van der Waals surface area contributed by atoms with Crippen molar-refractivity contribution in [2.45, 2.75) is 57.2 Å². The third-order valence-corrected chi connectivity index (χ3v) is 3.67. The maximum absolute atomic E-state index is 9.83. The number of aliphatic hydroxyl groups is 1. The molecule has 1 rings (SSSR count). The Balaban J connectivity index is 1.88. The van der Waals surface area contributed by atoms with Crippen molar-refractivity contribution in [2.24, 2.45) is 0 Å². The molecule has 1 saturated carbocycles. The summed E-state index contributed by atoms with van der Waals surface area (Å²) in [6.07, 6.45) is 8.64. The number of nitrogens with zero attached hydrogens (tertiary/aromatic N) is 1. The van der Waals surface area contributed by atoms with Crippen LogP contribution in [0.3, 0.4) is 0 Å². The van der Waals surface area contributed by atoms with Gasteiger partial charge in [-0.1, -0.05) is 19.3 Å². The fraction of sp³-hybridized carbons (Fsp3) is 1.00. The molecule has 1 atom stereocenters. The van der Waals surface area contributed by atoms with Gasteiger partial charge in [-0.05, 0) is 52.9 Å². The Morgan fingerprint density at radius 1 is 1.21 bits per heavy atom. The maximum Gasteiger partial charge on any atom is 0.0897 e. The fourth-order valence-corrected chi connectivity index (χ4v) is 2.48. The van der Waals surface area contributed by atoms with Crippen molar-refractivity contribution < 1.29 is 9.84 Å². The minimum absolute atomic E-state index is 0.365. The van der Waals surface area contributed by atoms with Crippen LogP contribution < -0.4 is 5.32 Å². The predicted molar refractivity (Wildman–Crippen MR) is 79.5 cm³/mol. The topological polar surface area (TPSA) is 44.7 Å². The molecule has 1 aliphatic rings. The lowest BCUT2D eigenvalue weighted by Crippen LogP contribution is -2.33. The van der Waals surface area contributed by atoms with Gasteiger partial charge in [0.2, 0.25) is 0 Å². The van der Waals surface area contributed by atoms with Gasteiger partial charge in [-0.2, -0.15) is 0 Å². The van der Waals surface area contributed by atoms with Crippen LogP contribution in [0.25, 0.3) is 0 Å². The van der Waals surface area contributed by atoms with E-state index in [-0.39, 0.29) is 6.10 Å². The van der Waals surface area contributed by atoms with Gasteiger partial charge in [0.1, 0.15) is 0 Å². The van der Waals surface area contributed by atoms with Gasteiger partial charge in [0.15, 0.2) is 0 Å². The summed E-state index contributed by atoms with van der Waals surface area (Å²) in [6, 6.07) is 0. The number of hydrogen-bond donors (Lipinski definition) is 2. The summed E-state index contributed by atoms with van der Waals surface area (Å²) < 4.78 is 5.76. The van der Waals surface area contributed by atoms with E-state index in [1.54, 1.807) is 0 Å². The van der Waals surface area contributed by atoms with Gasteiger partial charge in [-0.15, -0.1) is 0 Å². The number of rotatable bonds is 10. The monoisotopic (exact) mass is 272 g/mol. The molecule has 1 fully saturated rings. The third-order valence-electron chi connectivity index (χ3n) is 3.67. The van der Waals surface area contributed by atoms with E-state index in [1.807, 2.05) is 0 Å². The van der Waals surface area contributed by atoms with Crippen molar-refractivity contribution >= 4 is 0 Å². The van der Waals surface area contributed by atoms with Gasteiger partial charge in [-0.3, -0.25) is 0 Å². The Morgan fingerprint density at radius 3 is 2.63 bits per heavy atom. The van der Waals surface area contributed by atoms with E-state index in [0.717, 1.165) is 19.5 Å². The van der Waals surface area contributed by atoms with Crippen LogP contribution in [0.1, 0.15) is 44.9 Å². The molecule has 0 bridgehead atoms. The molecule has 0 aliphatic heterocycles. The molecule has 2 N–H and O–H groups in total. The second kappa shape index (κ2) is 10.6. The van der Waals surface area contributed by atoms with Crippen molar-refractivity contribution in [3.05, 3.63) is 0 Å². The zero-order valence-corrected chi connectivity index (χ0v) is 12.7. The van der Waals surface area contributed by atoms with Crippen LogP contribution in [0.15, 0.2) is 0 Å². The average Bonchev–Trinajstić information content (AvgIpc) is 2.41. The number of ether oxygens (including phenoxy) is 1. The molecule has 0 aromatic heterocycles. The normalized spacial score (nSPS) is 18.9. The van der Waals surface area contributed by atoms with Gasteiger partial charge in [0.05, 0.1) is 18.8 Å². The minimum atomic E-state index is -0.365. The van der Waals surface area contributed by atoms with E-state index < -0.39 is 0 Å². The summed E-state index contributed by atoms with van der Waals surface area (Å²) in [5.41, 5.74) is 0. The molecule has 0 radical (unpaired) electrons. The Bertz CT molecular complexity index is 206. The number of unbranched alkanes of at least 4 members (excludes halogenated alkanes) is 1. The molecule has 1 aliphatic carbocycles. The Kier molecular flexibility index (Phi) is 9.43. The first kappa shape index (κ1) is 16.9. The highest BCUT2D eigenvalue weighted by atomic mass is 16.5. The quantitative estimate of drug-likeness (QED) is 0.593. The van der Waals surface area contributed by atoms with Crippen LogP contribution >= 0.6 is 0 Å². The highest BCUT2D eigenvalue weighted by Gasteiger charge is 2.15. The van der Waals surface area contributed by atoms with Gasteiger partial charge in [0.25, 0.3) is 0 Å². The maximum atomic E-state index is 9.83. The van der Waals surface area contributed by atoms with Gasteiger partial charge in [0, 0.05) is 6.54 Å². The SMILES string of the molecule is CN(C)CCCCNCC(O)COC1CCCCC1. The van der Waals surface area contributed by atoms with Crippen molar-refractivity contribution in [1.29, 1.82) is 0 Å². The number of aliphatic hydroxyl groups excluding tert-OH is 1. The van der Waals surface area contributed by atoms with Crippen LogP contribution in [0.4, 0.5) is 0 Å². The summed E-state index contributed by atoms with van der Waals surface area (Å²) in [7, 11) is 4.19. The molecule has 1 unspecified atom stereocenters. The Labute approximate surface area is 118 Å². The Morgan fingerprint density at radius 2 is 1.95 bits per heavy atom. The second-order valence-corrected chi connectivity index (χ2v) is 5.96. The molecule has 19 heavy (non-hydrogen) atoms. The molecule has 0 heterocycles. The molecule has 0 aromatic carbocycles. The standard InChI is InChI=1S/C15H32N2O2/c1-17(2)11-7-6-10-16-12-14(18)13-19-15-8-4-3-5-9-15/h14-16,18H,3-13H2,1-2H3. The lowest BCUT2D eigenvalue weighted by Gasteiger charge is -2.23. The summed E-state index contributed by atoms with van der Waals surface area (Å²) in [5, 5.41) is 13.1. The zero-order valence-electron chi connectivity index (χ0n) is 12.7. The molecule has 0 saturated heterocycles. The van der Waals surface area contributed by atoms with E-state index in [0.29, 0.717) is 19.3 Å². The van der Waals surface area contributed by atoms with Crippen molar-refractivity contribution in [3.63, 3.8) is 0 Å². The van der Waals surface area contributed by atoms with Crippen molar-refractivity contribution in [2.75, 3.05) is 40.3 Å². The summed E-state index contributed by atoms with van der Waals surface area (Å²) in [5.74, 6) is 0. The summed E-state index contributed by atoms with van der Waals surface area (Å²) in [6.45, 7) is 3.24. The van der Waals surface area contributed by atoms with Crippen molar-refractivity contribution in [1.82, 2.24) is 10.2 Å². The van der Waals surface area contributed by atoms with Crippen LogP contribution in [0, 0.1) is 0 Å². The van der Waals surface area contributed by atoms with E-state index in [9.17, 15) is 5.11 Å². The molecule has 0 spiro atoms. The van der Waals surface area contributed by atoms with Crippen LogP contribution in [-0.2, 0) is 4.74 Å². The first-order valence-electron chi connectivity index (χ1n) is 7.83. The van der Waals surface area contributed by atoms with Crippen molar-refractivity contribution in [3.8, 4) is 0 Å². The average molecular weight is 272 g/mol. The largest absolute Gasteiger partial charge is 0.389 e. The van der Waals surface area contributed by atoms with Gasteiger partial charge >= 0.3 is 0 Å². The highest BCUT2D eigenvalue weighted by Crippen LogP contribution is 2.20. The molecule has 4 nitrogen and oxygen atoms in total. The molecule has 4 heteroatoms. The molecular weight excluding hydrogens is 240 g/mol. The second-order valence-electron chi connectivity index (χ2n) is 5.96. The lowest BCUT2D eigenvalue weighted by atomic mass is 9.98. The minimum Gasteiger partial charge on any atom is -0.389 e. The van der Waals surface area contributed by atoms with Gasteiger partial charge < -0.3 is 20.1 Å². The third kappa shape index (κ3) is 9.38. The van der Waals surface area contributed by atoms with E-state index >= 15 is 0 Å². The molecule has 0 aromatic rings. The van der Waals surface area contributed by atoms with Gasteiger partial charge in [-0.25, -0.2) is 0 Å². The zero-order chi connectivity index (χ0) is 13.9. The summed E-state index contributed by atoms with van der Waals surface area (Å²) in [4.78, 5) is 2.20. The lowest BCUT2D eigenvalue weighted by molar-refractivity contribution is -0.0229. The van der Waals surface area contributed by atoms with Crippen LogP contribution in [0.5, 0.6) is 0 Å². The smallest absolute Gasteiger partial charge is 0.0897 e. The van der Waals surface area contributed by atoms with Crippen LogP contribution in [-0.4, -0.2) is 62.6 Å². The number of nitrogens with one attached hydrogen (secondary N) is 1.